The Labute approximate surface area is 264 Å². The Morgan fingerprint density at radius 1 is 0.628 bits per heavy atom. The molecule has 3 aromatic rings. The molecule has 0 amide bonds. The molecule has 0 unspecified atom stereocenters. The second kappa shape index (κ2) is 12.8. The maximum absolute atomic E-state index is 11.4. The van der Waals surface area contributed by atoms with Crippen molar-refractivity contribution >= 4 is 56.3 Å². The van der Waals surface area contributed by atoms with E-state index in [1.165, 1.54) is 5.56 Å². The van der Waals surface area contributed by atoms with Crippen LogP contribution in [0.5, 0.6) is 0 Å². The number of H-pyrrole nitrogens is 2. The molecule has 0 aromatic carbocycles. The summed E-state index contributed by atoms with van der Waals surface area (Å²) in [6.45, 7) is 12.4. The van der Waals surface area contributed by atoms with Crippen LogP contribution in [0.15, 0.2) is 24.3 Å². The summed E-state index contributed by atoms with van der Waals surface area (Å²) < 4.78 is 0. The maximum atomic E-state index is 11.4. The van der Waals surface area contributed by atoms with Gasteiger partial charge in [0.15, 0.2) is 0 Å². The number of carboxylic acid groups (broad SMARTS) is 2. The van der Waals surface area contributed by atoms with E-state index in [0.717, 1.165) is 91.0 Å². The summed E-state index contributed by atoms with van der Waals surface area (Å²) in [5.41, 5.74) is 14.9. The van der Waals surface area contributed by atoms with Gasteiger partial charge in [0.1, 0.15) is 0 Å². The quantitative estimate of drug-likeness (QED) is 0.337. The van der Waals surface area contributed by atoms with E-state index >= 15 is 0 Å². The molecule has 0 aliphatic carbocycles. The predicted molar refractivity (Wildman–Crippen MR) is 163 cm³/mol. The molecule has 2 aliphatic rings. The van der Waals surface area contributed by atoms with Crippen molar-refractivity contribution in [2.24, 2.45) is 0 Å². The number of fused-ring (bicyclic) bond motifs is 8. The van der Waals surface area contributed by atoms with Gasteiger partial charge in [0.2, 0.25) is 0 Å². The number of allylic oxidation sites excluding steroid dienone is 4. The van der Waals surface area contributed by atoms with Gasteiger partial charge in [-0.3, -0.25) is 0 Å². The summed E-state index contributed by atoms with van der Waals surface area (Å²) in [5, 5.41) is 22.8. The molecule has 3 aromatic heterocycles. The Morgan fingerprint density at radius 2 is 1.07 bits per heavy atom. The van der Waals surface area contributed by atoms with Crippen LogP contribution in [0.2, 0.25) is 0 Å². The van der Waals surface area contributed by atoms with E-state index in [1.54, 1.807) is 0 Å². The van der Waals surface area contributed by atoms with Gasteiger partial charge in [-0.2, -0.15) is 0 Å². The van der Waals surface area contributed by atoms with Crippen LogP contribution in [0, 0.1) is 13.8 Å². The Morgan fingerprint density at radius 3 is 1.63 bits per heavy atom. The molecule has 5 heterocycles. The molecule has 0 radical (unpaired) electrons. The SMILES string of the molecule is CCC1=C(C)c2cc3[nH]c(cc4nc(cc5[nH]c(cc1n2)c(C)c5CCC(=O)[O-])C(CCC(=O)[O-])=C4C)c(C)c3CC.[Zn+2]. The zero-order valence-electron chi connectivity index (χ0n) is 25.8. The predicted octanol–water partition coefficient (Wildman–Crippen LogP) is 4.98. The van der Waals surface area contributed by atoms with Crippen molar-refractivity contribution in [3.05, 3.63) is 69.3 Å². The number of nitrogens with zero attached hydrogens (tertiary/aromatic N) is 2. The monoisotopic (exact) mass is 628 g/mol. The van der Waals surface area contributed by atoms with Gasteiger partial charge in [0.05, 0.1) is 22.8 Å². The van der Waals surface area contributed by atoms with Crippen LogP contribution >= 0.6 is 0 Å². The first-order valence-electron chi connectivity index (χ1n) is 14.6. The number of hydrogen-bond acceptors (Lipinski definition) is 6. The second-order valence-electron chi connectivity index (χ2n) is 11.1. The van der Waals surface area contributed by atoms with Gasteiger partial charge >= 0.3 is 19.5 Å². The minimum absolute atomic E-state index is 0. The maximum Gasteiger partial charge on any atom is 2.00 e. The topological polar surface area (TPSA) is 138 Å². The number of carbonyl (C=O) groups excluding carboxylic acids is 2. The molecule has 8 nitrogen and oxygen atoms in total. The number of aromatic nitrogens is 4. The Bertz CT molecular complexity index is 1860. The minimum atomic E-state index is -1.12. The van der Waals surface area contributed by atoms with E-state index in [0.29, 0.717) is 5.69 Å². The molecule has 0 atom stereocenters. The minimum Gasteiger partial charge on any atom is -0.550 e. The number of rotatable bonds is 8. The molecular weight excluding hydrogens is 594 g/mol. The van der Waals surface area contributed by atoms with Gasteiger partial charge in [0, 0.05) is 34.0 Å². The molecule has 8 bridgehead atoms. The zero-order valence-corrected chi connectivity index (χ0v) is 28.8. The smallest absolute Gasteiger partial charge is 0.550 e. The van der Waals surface area contributed by atoms with Crippen molar-refractivity contribution in [3.63, 3.8) is 0 Å². The molecule has 43 heavy (non-hydrogen) atoms. The molecule has 5 rings (SSSR count). The standard InChI is InChI=1S/C34H38N4O4.Zn/c1-7-21-17(3)25-13-26-19(5)23(9-11-33(39)40)31(37-26)16-32-24(10-12-34(41)42)20(6)28(38-32)15-30-22(8-2)18(4)27(36-30)14-29(21)35-25;/h13-16,35,38H,7-12H2,1-6H3,(H,39,40)(H,41,42);/q;+2/p-2. The number of hydrogen-bond donors (Lipinski definition) is 2. The largest absolute Gasteiger partial charge is 2.00 e. The van der Waals surface area contributed by atoms with Crippen LogP contribution in [0.4, 0.5) is 0 Å². The number of carboxylic acids is 2. The van der Waals surface area contributed by atoms with E-state index in [1.807, 2.05) is 32.0 Å². The molecule has 2 N–H and O–H groups in total. The third-order valence-corrected chi connectivity index (χ3v) is 8.67. The van der Waals surface area contributed by atoms with Crippen molar-refractivity contribution in [2.75, 3.05) is 0 Å². The van der Waals surface area contributed by atoms with Gasteiger partial charge < -0.3 is 29.8 Å². The van der Waals surface area contributed by atoms with Crippen molar-refractivity contribution < 1.29 is 39.3 Å². The first-order chi connectivity index (χ1) is 20.0. The van der Waals surface area contributed by atoms with Crippen molar-refractivity contribution in [1.82, 2.24) is 19.9 Å². The third-order valence-electron chi connectivity index (χ3n) is 8.67. The van der Waals surface area contributed by atoms with Gasteiger partial charge in [0.25, 0.3) is 0 Å². The summed E-state index contributed by atoms with van der Waals surface area (Å²) >= 11 is 0. The van der Waals surface area contributed by atoms with E-state index in [-0.39, 0.29) is 45.2 Å². The molecule has 218 valence electrons. The molecule has 0 spiro atoms. The molecule has 0 fully saturated rings. The van der Waals surface area contributed by atoms with Gasteiger partial charge in [-0.25, -0.2) is 9.97 Å². The van der Waals surface area contributed by atoms with Gasteiger partial charge in [-0.05, 0) is 135 Å². The van der Waals surface area contributed by atoms with E-state index in [4.69, 9.17) is 9.97 Å². The third kappa shape index (κ3) is 6.14. The first kappa shape index (κ1) is 32.1. The fourth-order valence-corrected chi connectivity index (χ4v) is 6.21. The summed E-state index contributed by atoms with van der Waals surface area (Å²) in [7, 11) is 0. The Balaban J connectivity index is 0.00000423. The second-order valence-corrected chi connectivity index (χ2v) is 11.1. The number of aromatic amines is 2. The summed E-state index contributed by atoms with van der Waals surface area (Å²) in [6, 6.07) is 8.09. The summed E-state index contributed by atoms with van der Waals surface area (Å²) in [6.07, 6.45) is 1.98. The van der Waals surface area contributed by atoms with Crippen LogP contribution < -0.4 is 10.2 Å². The first-order valence-corrected chi connectivity index (χ1v) is 14.6. The van der Waals surface area contributed by atoms with E-state index in [9.17, 15) is 19.8 Å². The molecule has 2 aliphatic heterocycles. The average molecular weight is 630 g/mol. The molecular formula is C34H36N4O4Zn. The summed E-state index contributed by atoms with van der Waals surface area (Å²) in [4.78, 5) is 40.0. The number of carbonyl (C=O) groups is 2. The van der Waals surface area contributed by atoms with Gasteiger partial charge in [-0.1, -0.05) is 13.8 Å². The number of aliphatic carboxylic acids is 2. The molecule has 0 saturated heterocycles. The van der Waals surface area contributed by atoms with Crippen molar-refractivity contribution in [2.45, 2.75) is 80.1 Å². The number of aryl methyl sites for hydroxylation is 4. The van der Waals surface area contributed by atoms with Crippen LogP contribution in [0.3, 0.4) is 0 Å². The molecule has 9 heteroatoms. The normalized spacial score (nSPS) is 13.0. The van der Waals surface area contributed by atoms with Crippen molar-refractivity contribution in [3.8, 4) is 0 Å². The van der Waals surface area contributed by atoms with Crippen molar-refractivity contribution in [1.29, 1.82) is 0 Å². The van der Waals surface area contributed by atoms with E-state index < -0.39 is 11.9 Å². The van der Waals surface area contributed by atoms with Crippen LogP contribution in [-0.2, 0) is 41.9 Å². The average Bonchev–Trinajstić information content (AvgIpc) is 3.59. The molecule has 0 saturated carbocycles. The van der Waals surface area contributed by atoms with Crippen LogP contribution in [-0.4, -0.2) is 31.9 Å². The Kier molecular flexibility index (Phi) is 9.55. The van der Waals surface area contributed by atoms with E-state index in [2.05, 4.69) is 43.7 Å². The number of nitrogens with one attached hydrogen (secondary N) is 2. The Hall–Kier alpha value is -3.84. The zero-order chi connectivity index (χ0) is 30.3. The van der Waals surface area contributed by atoms with Gasteiger partial charge in [-0.15, -0.1) is 0 Å². The fourth-order valence-electron chi connectivity index (χ4n) is 6.21. The van der Waals surface area contributed by atoms with Crippen LogP contribution in [0.1, 0.15) is 98.4 Å². The fraction of sp³-hybridized carbons (Fsp3) is 0.353. The summed E-state index contributed by atoms with van der Waals surface area (Å²) in [5.74, 6) is -2.24. The van der Waals surface area contributed by atoms with Crippen LogP contribution in [0.25, 0.3) is 44.4 Å².